The summed E-state index contributed by atoms with van der Waals surface area (Å²) >= 11 is 0. The number of hydrogen-bond donors (Lipinski definition) is 1. The molecule has 1 N–H and O–H groups in total. The molecule has 0 atom stereocenters. The summed E-state index contributed by atoms with van der Waals surface area (Å²) < 4.78 is 5.46. The Morgan fingerprint density at radius 3 is 2.32 bits per heavy atom. The lowest BCUT2D eigenvalue weighted by Crippen LogP contribution is -2.47. The number of piperazine rings is 1. The third kappa shape index (κ3) is 3.22. The first-order valence-electron chi connectivity index (χ1n) is 9.74. The maximum Gasteiger partial charge on any atom is 0.142 e. The van der Waals surface area contributed by atoms with Crippen LogP contribution in [0.4, 0.5) is 17.5 Å². The Morgan fingerprint density at radius 2 is 1.57 bits per heavy atom. The normalized spacial score (nSPS) is 18.1. The van der Waals surface area contributed by atoms with Crippen molar-refractivity contribution in [2.75, 3.05) is 67.2 Å². The van der Waals surface area contributed by atoms with Gasteiger partial charge in [-0.05, 0) is 13.0 Å². The van der Waals surface area contributed by atoms with Gasteiger partial charge in [0.2, 0.25) is 0 Å². The Balaban J connectivity index is 1.33. The number of hydrogen-bond acceptors (Lipinski definition) is 8. The molecule has 3 aromatic heterocycles. The molecule has 146 valence electrons. The van der Waals surface area contributed by atoms with Gasteiger partial charge in [-0.2, -0.15) is 0 Å². The van der Waals surface area contributed by atoms with E-state index in [0.717, 1.165) is 86.8 Å². The molecule has 0 aromatic carbocycles. The summed E-state index contributed by atoms with van der Waals surface area (Å²) in [6, 6.07) is 4.16. The van der Waals surface area contributed by atoms with Crippen LogP contribution in [0.15, 0.2) is 24.7 Å². The molecule has 2 aliphatic heterocycles. The lowest BCUT2D eigenvalue weighted by molar-refractivity contribution is 0.122. The molecular weight excluding hydrogens is 356 g/mol. The number of morpholine rings is 1. The van der Waals surface area contributed by atoms with Crippen molar-refractivity contribution in [1.29, 1.82) is 0 Å². The van der Waals surface area contributed by atoms with Crippen LogP contribution in [0.3, 0.4) is 0 Å². The molecule has 0 saturated carbocycles. The summed E-state index contributed by atoms with van der Waals surface area (Å²) in [6.07, 6.45) is 3.54. The van der Waals surface area contributed by atoms with E-state index in [4.69, 9.17) is 9.72 Å². The standard InChI is InChI=1S/C19H24N8O/c1-14-23-16(12-17(24-14)26-8-10-28-11-9-26)25-4-6-27(7-5-25)19-15-2-3-20-18(15)21-13-22-19/h2-3,12-13H,4-11H2,1H3,(H,20,21,22). The molecule has 0 spiro atoms. The molecule has 0 amide bonds. The molecule has 0 radical (unpaired) electrons. The minimum Gasteiger partial charge on any atom is -0.378 e. The van der Waals surface area contributed by atoms with Crippen molar-refractivity contribution in [2.24, 2.45) is 0 Å². The predicted molar refractivity (Wildman–Crippen MR) is 108 cm³/mol. The molecule has 0 bridgehead atoms. The number of nitrogens with zero attached hydrogens (tertiary/aromatic N) is 7. The molecule has 2 saturated heterocycles. The number of rotatable bonds is 3. The summed E-state index contributed by atoms with van der Waals surface area (Å²) in [6.45, 7) is 8.82. The third-order valence-corrected chi connectivity index (χ3v) is 5.38. The lowest BCUT2D eigenvalue weighted by Gasteiger charge is -2.36. The first-order chi connectivity index (χ1) is 13.8. The fourth-order valence-corrected chi connectivity index (χ4v) is 3.91. The van der Waals surface area contributed by atoms with Crippen LogP contribution >= 0.6 is 0 Å². The number of ether oxygens (including phenoxy) is 1. The molecule has 5 rings (SSSR count). The average molecular weight is 380 g/mol. The van der Waals surface area contributed by atoms with Gasteiger partial charge in [0, 0.05) is 51.5 Å². The second-order valence-electron chi connectivity index (χ2n) is 7.14. The van der Waals surface area contributed by atoms with Gasteiger partial charge >= 0.3 is 0 Å². The van der Waals surface area contributed by atoms with Gasteiger partial charge in [0.1, 0.15) is 35.3 Å². The van der Waals surface area contributed by atoms with Crippen LogP contribution in [0, 0.1) is 6.92 Å². The maximum absolute atomic E-state index is 5.46. The van der Waals surface area contributed by atoms with Crippen molar-refractivity contribution in [3.8, 4) is 0 Å². The highest BCUT2D eigenvalue weighted by molar-refractivity contribution is 5.87. The Hall–Kier alpha value is -2.94. The van der Waals surface area contributed by atoms with E-state index in [2.05, 4.69) is 40.7 Å². The second kappa shape index (κ2) is 7.23. The van der Waals surface area contributed by atoms with Crippen molar-refractivity contribution < 1.29 is 4.74 Å². The average Bonchev–Trinajstić information content (AvgIpc) is 3.23. The van der Waals surface area contributed by atoms with Gasteiger partial charge in [0.05, 0.1) is 18.6 Å². The van der Waals surface area contributed by atoms with Gasteiger partial charge in [-0.25, -0.2) is 19.9 Å². The molecular formula is C19H24N8O. The Kier molecular flexibility index (Phi) is 4.44. The maximum atomic E-state index is 5.46. The molecule has 3 aromatic rings. The molecule has 2 fully saturated rings. The number of anilines is 3. The van der Waals surface area contributed by atoms with E-state index in [1.165, 1.54) is 0 Å². The Labute approximate surface area is 163 Å². The Bertz CT molecular complexity index is 959. The van der Waals surface area contributed by atoms with Crippen molar-refractivity contribution in [1.82, 2.24) is 24.9 Å². The molecule has 2 aliphatic rings. The molecule has 0 unspecified atom stereocenters. The number of fused-ring (bicyclic) bond motifs is 1. The summed E-state index contributed by atoms with van der Waals surface area (Å²) in [5.41, 5.74) is 0.883. The zero-order valence-electron chi connectivity index (χ0n) is 16.0. The van der Waals surface area contributed by atoms with Crippen LogP contribution < -0.4 is 14.7 Å². The number of H-pyrrole nitrogens is 1. The minimum absolute atomic E-state index is 0.754. The largest absolute Gasteiger partial charge is 0.378 e. The van der Waals surface area contributed by atoms with Gasteiger partial charge in [-0.3, -0.25) is 0 Å². The number of aromatic nitrogens is 5. The highest BCUT2D eigenvalue weighted by Gasteiger charge is 2.23. The molecule has 9 nitrogen and oxygen atoms in total. The highest BCUT2D eigenvalue weighted by atomic mass is 16.5. The van der Waals surface area contributed by atoms with E-state index in [1.807, 2.05) is 19.2 Å². The van der Waals surface area contributed by atoms with Gasteiger partial charge < -0.3 is 24.4 Å². The van der Waals surface area contributed by atoms with Crippen LogP contribution in [-0.4, -0.2) is 77.4 Å². The first-order valence-corrected chi connectivity index (χ1v) is 9.74. The zero-order chi connectivity index (χ0) is 18.9. The van der Waals surface area contributed by atoms with Crippen molar-refractivity contribution in [3.63, 3.8) is 0 Å². The topological polar surface area (TPSA) is 86.3 Å². The highest BCUT2D eigenvalue weighted by Crippen LogP contribution is 2.25. The monoisotopic (exact) mass is 380 g/mol. The van der Waals surface area contributed by atoms with Crippen LogP contribution in [0.5, 0.6) is 0 Å². The molecule has 0 aliphatic carbocycles. The minimum atomic E-state index is 0.754. The predicted octanol–water partition coefficient (Wildman–Crippen LogP) is 1.22. The van der Waals surface area contributed by atoms with E-state index in [9.17, 15) is 0 Å². The van der Waals surface area contributed by atoms with Gasteiger partial charge in [-0.1, -0.05) is 0 Å². The summed E-state index contributed by atoms with van der Waals surface area (Å²) in [5, 5.41) is 1.07. The van der Waals surface area contributed by atoms with Crippen LogP contribution in [0.2, 0.25) is 0 Å². The van der Waals surface area contributed by atoms with Crippen LogP contribution in [-0.2, 0) is 4.74 Å². The summed E-state index contributed by atoms with van der Waals surface area (Å²) in [7, 11) is 0. The molecule has 9 heteroatoms. The molecule has 28 heavy (non-hydrogen) atoms. The van der Waals surface area contributed by atoms with Crippen molar-refractivity contribution in [2.45, 2.75) is 6.92 Å². The third-order valence-electron chi connectivity index (χ3n) is 5.38. The van der Waals surface area contributed by atoms with Gasteiger partial charge in [-0.15, -0.1) is 0 Å². The fourth-order valence-electron chi connectivity index (χ4n) is 3.91. The fraction of sp³-hybridized carbons (Fsp3) is 0.474. The SMILES string of the molecule is Cc1nc(N2CCOCC2)cc(N2CCN(c3ncnc4[nH]ccc34)CC2)n1. The van der Waals surface area contributed by atoms with Crippen LogP contribution in [0.1, 0.15) is 5.82 Å². The van der Waals surface area contributed by atoms with E-state index in [1.54, 1.807) is 6.33 Å². The first kappa shape index (κ1) is 17.2. The number of aromatic amines is 1. The summed E-state index contributed by atoms with van der Waals surface area (Å²) in [4.78, 5) is 28.3. The quantitative estimate of drug-likeness (QED) is 0.726. The van der Waals surface area contributed by atoms with E-state index >= 15 is 0 Å². The van der Waals surface area contributed by atoms with E-state index < -0.39 is 0 Å². The van der Waals surface area contributed by atoms with Crippen molar-refractivity contribution in [3.05, 3.63) is 30.5 Å². The number of nitrogens with one attached hydrogen (secondary N) is 1. The van der Waals surface area contributed by atoms with Crippen molar-refractivity contribution >= 4 is 28.5 Å². The smallest absolute Gasteiger partial charge is 0.142 e. The zero-order valence-corrected chi connectivity index (χ0v) is 16.0. The van der Waals surface area contributed by atoms with E-state index in [-0.39, 0.29) is 0 Å². The molecule has 5 heterocycles. The Morgan fingerprint density at radius 1 is 0.893 bits per heavy atom. The summed E-state index contributed by atoms with van der Waals surface area (Å²) in [5.74, 6) is 3.81. The second-order valence-corrected chi connectivity index (χ2v) is 7.14. The van der Waals surface area contributed by atoms with Crippen LogP contribution in [0.25, 0.3) is 11.0 Å². The van der Waals surface area contributed by atoms with Gasteiger partial charge in [0.25, 0.3) is 0 Å². The lowest BCUT2D eigenvalue weighted by atomic mass is 10.2. The number of aryl methyl sites for hydroxylation is 1. The van der Waals surface area contributed by atoms with E-state index in [0.29, 0.717) is 0 Å². The van der Waals surface area contributed by atoms with Gasteiger partial charge in [0.15, 0.2) is 0 Å².